The number of ether oxygens (including phenoxy) is 4. The van der Waals surface area contributed by atoms with Gasteiger partial charge in [-0.25, -0.2) is 9.59 Å². The highest BCUT2D eigenvalue weighted by Gasteiger charge is 2.56. The zero-order chi connectivity index (χ0) is 24.7. The molecule has 2 aliphatic heterocycles. The fourth-order valence-electron chi connectivity index (χ4n) is 4.41. The molecule has 8 heteroatoms. The molecule has 0 aliphatic carbocycles. The molecule has 0 saturated heterocycles. The SMILES string of the molecule is CCOC1=C(c2ccc(O)cc2)C(Cc2ccc3c(c2)CC(O)C(C)(C)O3)(C(=O)OC)OC1=O. The van der Waals surface area contributed by atoms with Crippen molar-refractivity contribution in [3.63, 3.8) is 0 Å². The van der Waals surface area contributed by atoms with Gasteiger partial charge in [-0.3, -0.25) is 0 Å². The summed E-state index contributed by atoms with van der Waals surface area (Å²) in [5, 5.41) is 20.2. The molecule has 180 valence electrons. The molecule has 0 aromatic heterocycles. The van der Waals surface area contributed by atoms with E-state index >= 15 is 0 Å². The molecule has 0 amide bonds. The van der Waals surface area contributed by atoms with Crippen molar-refractivity contribution >= 4 is 17.5 Å². The van der Waals surface area contributed by atoms with E-state index in [-0.39, 0.29) is 30.1 Å². The van der Waals surface area contributed by atoms with Crippen LogP contribution in [0.1, 0.15) is 37.5 Å². The van der Waals surface area contributed by atoms with Crippen LogP contribution in [-0.2, 0) is 36.6 Å². The van der Waals surface area contributed by atoms with Crippen molar-refractivity contribution in [3.8, 4) is 11.5 Å². The molecule has 2 heterocycles. The molecule has 2 aromatic rings. The number of aliphatic hydroxyl groups excluding tert-OH is 1. The molecule has 2 unspecified atom stereocenters. The summed E-state index contributed by atoms with van der Waals surface area (Å²) in [5.41, 5.74) is -0.327. The van der Waals surface area contributed by atoms with Gasteiger partial charge in [-0.05, 0) is 55.7 Å². The highest BCUT2D eigenvalue weighted by Crippen LogP contribution is 2.44. The quantitative estimate of drug-likeness (QED) is 0.623. The van der Waals surface area contributed by atoms with E-state index in [9.17, 15) is 19.8 Å². The Hall–Kier alpha value is -3.52. The van der Waals surface area contributed by atoms with Gasteiger partial charge in [0.15, 0.2) is 0 Å². The first kappa shape index (κ1) is 23.6. The maximum Gasteiger partial charge on any atom is 0.375 e. The molecule has 2 N–H and O–H groups in total. The summed E-state index contributed by atoms with van der Waals surface area (Å²) in [7, 11) is 1.23. The van der Waals surface area contributed by atoms with E-state index in [1.165, 1.54) is 19.2 Å². The Morgan fingerprint density at radius 1 is 1.15 bits per heavy atom. The second kappa shape index (κ2) is 8.68. The molecule has 2 atom stereocenters. The molecule has 0 spiro atoms. The number of phenols is 1. The molecular formula is C26H28O8. The van der Waals surface area contributed by atoms with Gasteiger partial charge in [0, 0.05) is 12.8 Å². The zero-order valence-electron chi connectivity index (χ0n) is 19.6. The lowest BCUT2D eigenvalue weighted by Gasteiger charge is -2.37. The molecule has 8 nitrogen and oxygen atoms in total. The Morgan fingerprint density at radius 3 is 2.50 bits per heavy atom. The Labute approximate surface area is 197 Å². The Balaban J connectivity index is 1.82. The van der Waals surface area contributed by atoms with Crippen LogP contribution in [0.15, 0.2) is 48.2 Å². The van der Waals surface area contributed by atoms with Gasteiger partial charge in [-0.1, -0.05) is 24.3 Å². The first-order valence-corrected chi connectivity index (χ1v) is 11.1. The monoisotopic (exact) mass is 468 g/mol. The van der Waals surface area contributed by atoms with E-state index in [0.717, 1.165) is 5.56 Å². The third kappa shape index (κ3) is 3.98. The van der Waals surface area contributed by atoms with Crippen LogP contribution in [0.3, 0.4) is 0 Å². The Morgan fingerprint density at radius 2 is 1.85 bits per heavy atom. The smallest absolute Gasteiger partial charge is 0.375 e. The van der Waals surface area contributed by atoms with Gasteiger partial charge < -0.3 is 29.2 Å². The first-order valence-electron chi connectivity index (χ1n) is 11.1. The van der Waals surface area contributed by atoms with Gasteiger partial charge in [-0.15, -0.1) is 0 Å². The molecule has 2 aliphatic rings. The van der Waals surface area contributed by atoms with E-state index < -0.39 is 29.2 Å². The number of phenolic OH excluding ortho intramolecular Hbond substituents is 1. The highest BCUT2D eigenvalue weighted by atomic mass is 16.6. The van der Waals surface area contributed by atoms with Crippen LogP contribution in [-0.4, -0.2) is 53.2 Å². The van der Waals surface area contributed by atoms with Crippen LogP contribution >= 0.6 is 0 Å². The average Bonchev–Trinajstić information content (AvgIpc) is 3.07. The summed E-state index contributed by atoms with van der Waals surface area (Å²) in [6.45, 7) is 5.56. The second-order valence-electron chi connectivity index (χ2n) is 8.94. The number of hydrogen-bond donors (Lipinski definition) is 2. The standard InChI is InChI=1S/C26H28O8/c1-5-32-22-21(16-7-9-18(27)10-8-16)26(24(30)31-4,34-23(22)29)14-15-6-11-19-17(12-15)13-20(28)25(2,3)33-19/h6-12,20,27-28H,5,13-14H2,1-4H3. The summed E-state index contributed by atoms with van der Waals surface area (Å²) in [5.74, 6) is -0.911. The van der Waals surface area contributed by atoms with Gasteiger partial charge in [0.2, 0.25) is 11.4 Å². The molecule has 4 rings (SSSR count). The van der Waals surface area contributed by atoms with Gasteiger partial charge >= 0.3 is 11.9 Å². The summed E-state index contributed by atoms with van der Waals surface area (Å²) in [6.07, 6.45) is -0.345. The predicted molar refractivity (Wildman–Crippen MR) is 122 cm³/mol. The normalized spacial score (nSPS) is 23.1. The number of carbonyl (C=O) groups excluding carboxylic acids is 2. The van der Waals surface area contributed by atoms with Gasteiger partial charge in [0.1, 0.15) is 17.1 Å². The third-order valence-corrected chi connectivity index (χ3v) is 6.21. The second-order valence-corrected chi connectivity index (χ2v) is 8.94. The van der Waals surface area contributed by atoms with Crippen LogP contribution in [0.5, 0.6) is 11.5 Å². The number of esters is 2. The minimum Gasteiger partial charge on any atom is -0.508 e. The predicted octanol–water partition coefficient (Wildman–Crippen LogP) is 2.93. The number of methoxy groups -OCH3 is 1. The largest absolute Gasteiger partial charge is 0.508 e. The van der Waals surface area contributed by atoms with Crippen LogP contribution in [0.25, 0.3) is 5.57 Å². The van der Waals surface area contributed by atoms with Crippen molar-refractivity contribution in [3.05, 3.63) is 64.9 Å². The minimum atomic E-state index is -1.80. The molecule has 34 heavy (non-hydrogen) atoms. The number of cyclic esters (lactones) is 1. The van der Waals surface area contributed by atoms with Crippen LogP contribution in [0.4, 0.5) is 0 Å². The van der Waals surface area contributed by atoms with Crippen LogP contribution < -0.4 is 4.74 Å². The van der Waals surface area contributed by atoms with Crippen molar-refractivity contribution in [1.82, 2.24) is 0 Å². The number of hydrogen-bond acceptors (Lipinski definition) is 8. The topological polar surface area (TPSA) is 112 Å². The third-order valence-electron chi connectivity index (χ3n) is 6.21. The van der Waals surface area contributed by atoms with E-state index in [0.29, 0.717) is 23.3 Å². The van der Waals surface area contributed by atoms with Gasteiger partial charge in [-0.2, -0.15) is 0 Å². The maximum atomic E-state index is 13.2. The van der Waals surface area contributed by atoms with Crippen molar-refractivity contribution < 1.29 is 38.7 Å². The lowest BCUT2D eigenvalue weighted by molar-refractivity contribution is -0.169. The number of aliphatic hydroxyl groups is 1. The number of aromatic hydroxyl groups is 1. The highest BCUT2D eigenvalue weighted by molar-refractivity contribution is 6.11. The fourth-order valence-corrected chi connectivity index (χ4v) is 4.41. The molecule has 0 saturated carbocycles. The number of benzene rings is 2. The van der Waals surface area contributed by atoms with Gasteiger partial charge in [0.25, 0.3) is 0 Å². The Bertz CT molecular complexity index is 1150. The van der Waals surface area contributed by atoms with E-state index in [1.807, 2.05) is 19.9 Å². The lowest BCUT2D eigenvalue weighted by Crippen LogP contribution is -2.46. The van der Waals surface area contributed by atoms with Crippen molar-refractivity contribution in [1.29, 1.82) is 0 Å². The van der Waals surface area contributed by atoms with Crippen LogP contribution in [0, 0.1) is 0 Å². The number of fused-ring (bicyclic) bond motifs is 1. The first-order chi connectivity index (χ1) is 16.1. The summed E-state index contributed by atoms with van der Waals surface area (Å²) in [6, 6.07) is 11.5. The molecular weight excluding hydrogens is 440 g/mol. The average molecular weight is 469 g/mol. The molecule has 2 aromatic carbocycles. The van der Waals surface area contributed by atoms with Crippen molar-refractivity contribution in [2.24, 2.45) is 0 Å². The van der Waals surface area contributed by atoms with E-state index in [4.69, 9.17) is 18.9 Å². The van der Waals surface area contributed by atoms with Crippen molar-refractivity contribution in [2.75, 3.05) is 13.7 Å². The maximum absolute atomic E-state index is 13.2. The minimum absolute atomic E-state index is 0.0229. The number of carbonyl (C=O) groups is 2. The molecule has 0 bridgehead atoms. The molecule has 0 fully saturated rings. The summed E-state index contributed by atoms with van der Waals surface area (Å²) < 4.78 is 22.4. The summed E-state index contributed by atoms with van der Waals surface area (Å²) in [4.78, 5) is 26.1. The van der Waals surface area contributed by atoms with Gasteiger partial charge in [0.05, 0.1) is 25.4 Å². The molecule has 0 radical (unpaired) electrons. The van der Waals surface area contributed by atoms with E-state index in [2.05, 4.69) is 0 Å². The fraction of sp³-hybridized carbons (Fsp3) is 0.385. The Kier molecular flexibility index (Phi) is 6.03. The van der Waals surface area contributed by atoms with Crippen molar-refractivity contribution in [2.45, 2.75) is 50.9 Å². The summed E-state index contributed by atoms with van der Waals surface area (Å²) >= 11 is 0. The van der Waals surface area contributed by atoms with Crippen LogP contribution in [0.2, 0.25) is 0 Å². The van der Waals surface area contributed by atoms with E-state index in [1.54, 1.807) is 31.2 Å². The lowest BCUT2D eigenvalue weighted by atomic mass is 9.82. The number of rotatable bonds is 6. The zero-order valence-corrected chi connectivity index (χ0v) is 19.6.